The zero-order valence-corrected chi connectivity index (χ0v) is 6.18. The van der Waals surface area contributed by atoms with Crippen molar-refractivity contribution in [1.29, 1.82) is 0 Å². The Morgan fingerprint density at radius 2 is 2.22 bits per heavy atom. The van der Waals surface area contributed by atoms with Crippen LogP contribution in [0.4, 0.5) is 0 Å². The predicted molar refractivity (Wildman–Crippen MR) is 36.3 cm³/mol. The van der Waals surface area contributed by atoms with Crippen molar-refractivity contribution in [2.75, 3.05) is 12.8 Å². The number of aliphatic hydroxyl groups excluding tert-OH is 2. The summed E-state index contributed by atoms with van der Waals surface area (Å²) in [6.45, 7) is 0.264. The van der Waals surface area contributed by atoms with Gasteiger partial charge in [-0.1, -0.05) is 0 Å². The molecule has 0 aromatic carbocycles. The van der Waals surface area contributed by atoms with Crippen molar-refractivity contribution < 1.29 is 14.9 Å². The molecular weight excluding hydrogens is 139 g/mol. The zero-order chi connectivity index (χ0) is 6.85. The molecule has 0 radical (unpaired) electrons. The molecule has 1 heterocycles. The van der Waals surface area contributed by atoms with Crippen molar-refractivity contribution in [2.24, 2.45) is 0 Å². The molecule has 54 valence electrons. The van der Waals surface area contributed by atoms with Gasteiger partial charge in [-0.15, -0.1) is 9.24 Å². The molecule has 1 rings (SSSR count). The van der Waals surface area contributed by atoms with Gasteiger partial charge >= 0.3 is 0 Å². The Hall–Kier alpha value is 0.310. The predicted octanol–water partition coefficient (Wildman–Crippen LogP) is -1.02. The normalized spacial score (nSPS) is 43.7. The van der Waals surface area contributed by atoms with E-state index in [1.165, 1.54) is 0 Å². The highest BCUT2D eigenvalue weighted by Gasteiger charge is 2.32. The molecule has 4 heteroatoms. The Balaban J connectivity index is 2.41. The fraction of sp³-hybridized carbons (Fsp3) is 1.00. The van der Waals surface area contributed by atoms with Crippen LogP contribution in [0.1, 0.15) is 0 Å². The second kappa shape index (κ2) is 2.93. The maximum Gasteiger partial charge on any atom is 0.109 e. The Morgan fingerprint density at radius 3 is 2.44 bits per heavy atom. The van der Waals surface area contributed by atoms with E-state index in [4.69, 9.17) is 14.9 Å². The maximum atomic E-state index is 9.07. The van der Waals surface area contributed by atoms with Crippen LogP contribution >= 0.6 is 9.24 Å². The average molecular weight is 150 g/mol. The molecule has 0 saturated carbocycles. The highest BCUT2D eigenvalue weighted by Crippen LogP contribution is 2.15. The van der Waals surface area contributed by atoms with Crippen LogP contribution in [0.25, 0.3) is 0 Å². The molecule has 3 nitrogen and oxygen atoms in total. The summed E-state index contributed by atoms with van der Waals surface area (Å²) in [5.74, 6) is 0. The second-order valence-corrected chi connectivity index (χ2v) is 2.64. The number of aliphatic hydroxyl groups is 2. The molecule has 0 aromatic rings. The van der Waals surface area contributed by atoms with Gasteiger partial charge in [0.15, 0.2) is 0 Å². The lowest BCUT2D eigenvalue weighted by atomic mass is 10.2. The van der Waals surface area contributed by atoms with Crippen LogP contribution in [0.5, 0.6) is 0 Å². The van der Waals surface area contributed by atoms with E-state index in [1.54, 1.807) is 0 Å². The van der Waals surface area contributed by atoms with E-state index in [1.807, 2.05) is 0 Å². The van der Waals surface area contributed by atoms with E-state index in [-0.39, 0.29) is 12.7 Å². The van der Waals surface area contributed by atoms with Crippen LogP contribution in [0, 0.1) is 0 Å². The summed E-state index contributed by atoms with van der Waals surface area (Å²) < 4.78 is 5.01. The summed E-state index contributed by atoms with van der Waals surface area (Å²) in [4.78, 5) is 0. The van der Waals surface area contributed by atoms with E-state index in [9.17, 15) is 0 Å². The van der Waals surface area contributed by atoms with Crippen LogP contribution in [-0.2, 0) is 4.74 Å². The Labute approximate surface area is 56.2 Å². The van der Waals surface area contributed by atoms with Gasteiger partial charge in [0.25, 0.3) is 0 Å². The van der Waals surface area contributed by atoms with Gasteiger partial charge in [-0.05, 0) is 6.16 Å². The fourth-order valence-electron chi connectivity index (χ4n) is 0.875. The molecule has 0 aromatic heterocycles. The SMILES string of the molecule is O[C@H]1[C@@H](O)CO[C@@H]1CP. The lowest BCUT2D eigenvalue weighted by molar-refractivity contribution is 0.0336. The minimum atomic E-state index is -0.692. The molecule has 1 unspecified atom stereocenters. The molecule has 1 aliphatic heterocycles. The minimum absolute atomic E-state index is 0.190. The zero-order valence-electron chi connectivity index (χ0n) is 5.03. The Morgan fingerprint density at radius 1 is 1.56 bits per heavy atom. The summed E-state index contributed by atoms with van der Waals surface area (Å²) in [5, 5.41) is 18.0. The third kappa shape index (κ3) is 1.41. The van der Waals surface area contributed by atoms with Crippen molar-refractivity contribution >= 4 is 9.24 Å². The van der Waals surface area contributed by atoms with Gasteiger partial charge in [0.05, 0.1) is 12.7 Å². The first-order chi connectivity index (χ1) is 4.25. The largest absolute Gasteiger partial charge is 0.388 e. The molecule has 1 saturated heterocycles. The molecular formula is C5H11O3P. The molecule has 1 fully saturated rings. The van der Waals surface area contributed by atoms with E-state index in [0.29, 0.717) is 6.16 Å². The summed E-state index contributed by atoms with van der Waals surface area (Å²) >= 11 is 0. The van der Waals surface area contributed by atoms with Crippen molar-refractivity contribution in [1.82, 2.24) is 0 Å². The van der Waals surface area contributed by atoms with Gasteiger partial charge in [0, 0.05) is 0 Å². The van der Waals surface area contributed by atoms with Gasteiger partial charge < -0.3 is 14.9 Å². The van der Waals surface area contributed by atoms with Gasteiger partial charge in [0.1, 0.15) is 12.2 Å². The highest BCUT2D eigenvalue weighted by molar-refractivity contribution is 7.16. The van der Waals surface area contributed by atoms with E-state index >= 15 is 0 Å². The number of rotatable bonds is 1. The first kappa shape index (κ1) is 7.42. The third-order valence-corrected chi connectivity index (χ3v) is 1.95. The van der Waals surface area contributed by atoms with Crippen LogP contribution < -0.4 is 0 Å². The minimum Gasteiger partial charge on any atom is -0.388 e. The topological polar surface area (TPSA) is 49.7 Å². The summed E-state index contributed by atoms with van der Waals surface area (Å²) in [6.07, 6.45) is -0.888. The van der Waals surface area contributed by atoms with Crippen molar-refractivity contribution in [3.8, 4) is 0 Å². The standard InChI is InChI=1S/C5H11O3P/c6-3-1-8-4(2-9)5(3)7/h3-7H,1-2,9H2/t3-,4+,5-/m0/s1. The molecule has 0 amide bonds. The van der Waals surface area contributed by atoms with Gasteiger partial charge in [-0.3, -0.25) is 0 Å². The third-order valence-electron chi connectivity index (χ3n) is 1.49. The number of hydrogen-bond donors (Lipinski definition) is 2. The fourth-order valence-corrected chi connectivity index (χ4v) is 1.29. The first-order valence-electron chi connectivity index (χ1n) is 2.93. The maximum absolute atomic E-state index is 9.07. The lowest BCUT2D eigenvalue weighted by Crippen LogP contribution is -2.30. The molecule has 9 heavy (non-hydrogen) atoms. The van der Waals surface area contributed by atoms with E-state index in [0.717, 1.165) is 0 Å². The summed E-state index contributed by atoms with van der Waals surface area (Å²) in [7, 11) is 2.47. The Bertz CT molecular complexity index is 98.2. The average Bonchev–Trinajstić information content (AvgIpc) is 2.15. The number of ether oxygens (including phenoxy) is 1. The number of hydrogen-bond acceptors (Lipinski definition) is 3. The highest BCUT2D eigenvalue weighted by atomic mass is 31.0. The molecule has 2 N–H and O–H groups in total. The second-order valence-electron chi connectivity index (χ2n) is 2.17. The monoisotopic (exact) mass is 150 g/mol. The quantitative estimate of drug-likeness (QED) is 0.470. The van der Waals surface area contributed by atoms with Crippen LogP contribution in [-0.4, -0.2) is 41.3 Å². The Kier molecular flexibility index (Phi) is 2.42. The van der Waals surface area contributed by atoms with Crippen molar-refractivity contribution in [3.05, 3.63) is 0 Å². The van der Waals surface area contributed by atoms with Crippen molar-refractivity contribution in [2.45, 2.75) is 18.3 Å². The van der Waals surface area contributed by atoms with Gasteiger partial charge in [0.2, 0.25) is 0 Å². The molecule has 4 atom stereocenters. The smallest absolute Gasteiger partial charge is 0.109 e. The van der Waals surface area contributed by atoms with Crippen LogP contribution in [0.3, 0.4) is 0 Å². The van der Waals surface area contributed by atoms with E-state index in [2.05, 4.69) is 9.24 Å². The van der Waals surface area contributed by atoms with Gasteiger partial charge in [-0.25, -0.2) is 0 Å². The lowest BCUT2D eigenvalue weighted by Gasteiger charge is -2.10. The summed E-state index contributed by atoms with van der Waals surface area (Å²) in [6, 6.07) is 0. The van der Waals surface area contributed by atoms with Crippen LogP contribution in [0.2, 0.25) is 0 Å². The molecule has 1 aliphatic rings. The van der Waals surface area contributed by atoms with Crippen LogP contribution in [0.15, 0.2) is 0 Å². The molecule has 0 spiro atoms. The van der Waals surface area contributed by atoms with Crippen molar-refractivity contribution in [3.63, 3.8) is 0 Å². The van der Waals surface area contributed by atoms with E-state index < -0.39 is 12.2 Å². The van der Waals surface area contributed by atoms with Gasteiger partial charge in [-0.2, -0.15) is 0 Å². The molecule has 0 bridgehead atoms. The first-order valence-corrected chi connectivity index (χ1v) is 3.75. The molecule has 0 aliphatic carbocycles. The summed E-state index contributed by atoms with van der Waals surface area (Å²) in [5.41, 5.74) is 0.